The lowest BCUT2D eigenvalue weighted by atomic mass is 10.1. The van der Waals surface area contributed by atoms with E-state index in [-0.39, 0.29) is 0 Å². The van der Waals surface area contributed by atoms with E-state index >= 15 is 0 Å². The summed E-state index contributed by atoms with van der Waals surface area (Å²) in [6.45, 7) is 10.1. The van der Waals surface area contributed by atoms with Gasteiger partial charge in [0.25, 0.3) is 0 Å². The first-order chi connectivity index (χ1) is 12.8. The normalized spacial score (nSPS) is 9.59. The highest BCUT2D eigenvalue weighted by Gasteiger charge is 1.95. The lowest BCUT2D eigenvalue weighted by Gasteiger charge is -2.07. The highest BCUT2D eigenvalue weighted by atomic mass is 79.9. The molecule has 0 aliphatic carbocycles. The van der Waals surface area contributed by atoms with Crippen LogP contribution < -0.4 is 4.74 Å². The van der Waals surface area contributed by atoms with Crippen molar-refractivity contribution in [2.24, 2.45) is 0 Å². The SMILES string of the molecule is COCCBr.COCCOc1cc(C)cc(C)c1.Cc1cc(C)cc(O)c1. The van der Waals surface area contributed by atoms with E-state index < -0.39 is 0 Å². The first-order valence-corrected chi connectivity index (χ1v) is 9.96. The number of aromatic hydroxyl groups is 1. The molecule has 2 rings (SSSR count). The molecule has 27 heavy (non-hydrogen) atoms. The number of hydrogen-bond acceptors (Lipinski definition) is 4. The van der Waals surface area contributed by atoms with Crippen LogP contribution in [0.5, 0.6) is 11.5 Å². The Bertz CT molecular complexity index is 571. The Morgan fingerprint density at radius 1 is 0.704 bits per heavy atom. The van der Waals surface area contributed by atoms with Gasteiger partial charge in [0.2, 0.25) is 0 Å². The third-order valence-electron chi connectivity index (χ3n) is 3.24. The van der Waals surface area contributed by atoms with Crippen molar-refractivity contribution >= 4 is 15.9 Å². The molecule has 2 aromatic carbocycles. The molecule has 0 atom stereocenters. The van der Waals surface area contributed by atoms with Gasteiger partial charge < -0.3 is 19.3 Å². The average Bonchev–Trinajstić information content (AvgIpc) is 2.55. The second-order valence-corrected chi connectivity index (χ2v) is 6.99. The summed E-state index contributed by atoms with van der Waals surface area (Å²) in [7, 11) is 3.35. The van der Waals surface area contributed by atoms with Crippen molar-refractivity contribution in [2.45, 2.75) is 27.7 Å². The third-order valence-corrected chi connectivity index (χ3v) is 3.56. The molecule has 0 radical (unpaired) electrons. The first-order valence-electron chi connectivity index (χ1n) is 8.84. The van der Waals surface area contributed by atoms with Gasteiger partial charge in [-0.3, -0.25) is 0 Å². The number of alkyl halides is 1. The van der Waals surface area contributed by atoms with Crippen molar-refractivity contribution in [1.29, 1.82) is 0 Å². The second kappa shape index (κ2) is 15.5. The van der Waals surface area contributed by atoms with E-state index in [0.29, 0.717) is 19.0 Å². The van der Waals surface area contributed by atoms with Crippen LogP contribution in [-0.2, 0) is 9.47 Å². The summed E-state index contributed by atoms with van der Waals surface area (Å²) < 4.78 is 15.0. The Kier molecular flexibility index (Phi) is 14.6. The van der Waals surface area contributed by atoms with E-state index in [4.69, 9.17) is 14.6 Å². The van der Waals surface area contributed by atoms with Crippen LogP contribution in [-0.4, -0.2) is 44.5 Å². The largest absolute Gasteiger partial charge is 0.508 e. The molecule has 0 aliphatic rings. The molecule has 0 aromatic heterocycles. The summed E-state index contributed by atoms with van der Waals surface area (Å²) in [5, 5.41) is 9.93. The molecule has 152 valence electrons. The number of ether oxygens (including phenoxy) is 3. The fraction of sp³-hybridized carbons (Fsp3) is 0.455. The summed E-state index contributed by atoms with van der Waals surface area (Å²) in [6, 6.07) is 11.7. The van der Waals surface area contributed by atoms with Gasteiger partial charge in [0.1, 0.15) is 18.1 Å². The molecule has 0 saturated carbocycles. The molecule has 5 heteroatoms. The number of phenolic OH excluding ortho intramolecular Hbond substituents is 1. The number of methoxy groups -OCH3 is 2. The zero-order valence-electron chi connectivity index (χ0n) is 17.3. The van der Waals surface area contributed by atoms with Crippen molar-refractivity contribution in [3.63, 3.8) is 0 Å². The van der Waals surface area contributed by atoms with Gasteiger partial charge in [0.15, 0.2) is 0 Å². The van der Waals surface area contributed by atoms with Crippen LogP contribution in [0.4, 0.5) is 0 Å². The van der Waals surface area contributed by atoms with Gasteiger partial charge in [0, 0.05) is 19.5 Å². The Hall–Kier alpha value is -1.56. The maximum atomic E-state index is 8.99. The number of benzene rings is 2. The van der Waals surface area contributed by atoms with E-state index in [1.165, 1.54) is 11.1 Å². The van der Waals surface area contributed by atoms with Crippen LogP contribution in [0.15, 0.2) is 36.4 Å². The van der Waals surface area contributed by atoms with Gasteiger partial charge in [-0.2, -0.15) is 0 Å². The van der Waals surface area contributed by atoms with Crippen LogP contribution in [0.3, 0.4) is 0 Å². The van der Waals surface area contributed by atoms with Crippen LogP contribution in [0.25, 0.3) is 0 Å². The van der Waals surface area contributed by atoms with Crippen molar-refractivity contribution < 1.29 is 19.3 Å². The quantitative estimate of drug-likeness (QED) is 0.484. The summed E-state index contributed by atoms with van der Waals surface area (Å²) in [4.78, 5) is 0. The fourth-order valence-corrected chi connectivity index (χ4v) is 2.61. The minimum Gasteiger partial charge on any atom is -0.508 e. The van der Waals surface area contributed by atoms with Crippen molar-refractivity contribution in [1.82, 2.24) is 0 Å². The first kappa shape index (κ1) is 25.4. The van der Waals surface area contributed by atoms with Crippen molar-refractivity contribution in [3.05, 3.63) is 58.7 Å². The van der Waals surface area contributed by atoms with E-state index in [9.17, 15) is 0 Å². The summed E-state index contributed by atoms with van der Waals surface area (Å²) in [5.74, 6) is 1.28. The van der Waals surface area contributed by atoms with Crippen LogP contribution in [0.1, 0.15) is 22.3 Å². The fourth-order valence-electron chi connectivity index (χ4n) is 2.29. The molecule has 4 nitrogen and oxygen atoms in total. The number of aryl methyl sites for hydroxylation is 4. The lowest BCUT2D eigenvalue weighted by Crippen LogP contribution is -2.04. The molecule has 0 saturated heterocycles. The van der Waals surface area contributed by atoms with Crippen LogP contribution in [0, 0.1) is 27.7 Å². The Morgan fingerprint density at radius 3 is 1.48 bits per heavy atom. The van der Waals surface area contributed by atoms with Crippen LogP contribution >= 0.6 is 15.9 Å². The lowest BCUT2D eigenvalue weighted by molar-refractivity contribution is 0.146. The second-order valence-electron chi connectivity index (χ2n) is 6.19. The van der Waals surface area contributed by atoms with Gasteiger partial charge in [-0.1, -0.05) is 28.1 Å². The zero-order valence-corrected chi connectivity index (χ0v) is 18.9. The zero-order chi connectivity index (χ0) is 20.7. The smallest absolute Gasteiger partial charge is 0.119 e. The minimum absolute atomic E-state index is 0.354. The van der Waals surface area contributed by atoms with Gasteiger partial charge in [-0.05, 0) is 74.2 Å². The number of rotatable bonds is 6. The minimum atomic E-state index is 0.354. The maximum Gasteiger partial charge on any atom is 0.119 e. The molecule has 1 N–H and O–H groups in total. The van der Waals surface area contributed by atoms with E-state index in [1.54, 1.807) is 26.4 Å². The van der Waals surface area contributed by atoms with E-state index in [0.717, 1.165) is 28.8 Å². The predicted molar refractivity (Wildman–Crippen MR) is 117 cm³/mol. The third kappa shape index (κ3) is 14.2. The monoisotopic (exact) mass is 440 g/mol. The number of halogens is 1. The molecule has 0 spiro atoms. The molecule has 0 amide bonds. The molecule has 0 unspecified atom stereocenters. The average molecular weight is 441 g/mol. The van der Waals surface area contributed by atoms with Gasteiger partial charge in [-0.25, -0.2) is 0 Å². The Balaban J connectivity index is 0.000000419. The molecule has 0 bridgehead atoms. The van der Waals surface area contributed by atoms with Crippen LogP contribution in [0.2, 0.25) is 0 Å². The molecular formula is C22H33BrO4. The topological polar surface area (TPSA) is 47.9 Å². The van der Waals surface area contributed by atoms with Crippen molar-refractivity contribution in [2.75, 3.05) is 39.4 Å². The predicted octanol–water partition coefficient (Wildman–Crippen LogP) is 5.37. The maximum absolute atomic E-state index is 8.99. The standard InChI is InChI=1S/C11H16O2.C8H10O.C3H7BrO/c1-9-6-10(2)8-11(7-9)13-5-4-12-3;1-6-3-7(2)5-8(9)4-6;1-5-3-2-4/h6-8H,4-5H2,1-3H3;3-5,9H,1-2H3;2-3H2,1H3. The van der Waals surface area contributed by atoms with Crippen molar-refractivity contribution in [3.8, 4) is 11.5 Å². The van der Waals surface area contributed by atoms with Gasteiger partial charge >= 0.3 is 0 Å². The van der Waals surface area contributed by atoms with Gasteiger partial charge in [0.05, 0.1) is 13.2 Å². The Labute approximate surface area is 172 Å². The van der Waals surface area contributed by atoms with E-state index in [2.05, 4.69) is 40.6 Å². The van der Waals surface area contributed by atoms with Gasteiger partial charge in [-0.15, -0.1) is 0 Å². The molecule has 0 fully saturated rings. The Morgan fingerprint density at radius 2 is 1.15 bits per heavy atom. The molecule has 0 heterocycles. The number of hydrogen-bond donors (Lipinski definition) is 1. The molecular weight excluding hydrogens is 408 g/mol. The number of phenols is 1. The highest BCUT2D eigenvalue weighted by Crippen LogP contribution is 2.16. The summed E-state index contributed by atoms with van der Waals surface area (Å²) in [5.41, 5.74) is 4.67. The summed E-state index contributed by atoms with van der Waals surface area (Å²) in [6.07, 6.45) is 0. The summed E-state index contributed by atoms with van der Waals surface area (Å²) >= 11 is 3.18. The highest BCUT2D eigenvalue weighted by molar-refractivity contribution is 9.09. The van der Waals surface area contributed by atoms with E-state index in [1.807, 2.05) is 32.0 Å². The molecule has 2 aromatic rings. The molecule has 0 aliphatic heterocycles.